The molecule has 0 bridgehead atoms. The van der Waals surface area contributed by atoms with Gasteiger partial charge in [0.1, 0.15) is 5.76 Å². The first-order valence-electron chi connectivity index (χ1n) is 7.85. The highest BCUT2D eigenvalue weighted by atomic mass is 16.4. The highest BCUT2D eigenvalue weighted by Gasteiger charge is 2.20. The quantitative estimate of drug-likeness (QED) is 0.658. The van der Waals surface area contributed by atoms with E-state index in [1.54, 1.807) is 7.05 Å². The third-order valence-corrected chi connectivity index (χ3v) is 3.96. The van der Waals surface area contributed by atoms with E-state index in [4.69, 9.17) is 4.42 Å². The largest absolute Gasteiger partial charge is 0.444 e. The maximum atomic E-state index is 5.57. The van der Waals surface area contributed by atoms with Gasteiger partial charge >= 0.3 is 0 Å². The number of aryl methyl sites for hydroxylation is 2. The summed E-state index contributed by atoms with van der Waals surface area (Å²) in [4.78, 5) is 8.62. The Morgan fingerprint density at radius 2 is 1.87 bits per heavy atom. The van der Waals surface area contributed by atoms with Crippen molar-refractivity contribution in [2.75, 3.05) is 13.6 Å². The van der Waals surface area contributed by atoms with Gasteiger partial charge in [0.2, 0.25) is 5.89 Å². The van der Waals surface area contributed by atoms with Crippen molar-refractivity contribution in [1.29, 1.82) is 0 Å². The zero-order chi connectivity index (χ0) is 16.9. The van der Waals surface area contributed by atoms with Crippen LogP contribution >= 0.6 is 0 Å². The van der Waals surface area contributed by atoms with E-state index in [1.807, 2.05) is 19.9 Å². The minimum absolute atomic E-state index is 0.00892. The smallest absolute Gasteiger partial charge is 0.214 e. The fourth-order valence-corrected chi connectivity index (χ4v) is 2.29. The highest BCUT2D eigenvalue weighted by molar-refractivity contribution is 5.79. The lowest BCUT2D eigenvalue weighted by atomic mass is 9.85. The van der Waals surface area contributed by atoms with Crippen LogP contribution in [0.1, 0.15) is 36.8 Å². The molecule has 0 saturated heterocycles. The zero-order valence-electron chi connectivity index (χ0n) is 14.6. The lowest BCUT2D eigenvalue weighted by Gasteiger charge is -2.26. The number of rotatable bonds is 5. The molecule has 0 aliphatic heterocycles. The Hall–Kier alpha value is -2.30. The van der Waals surface area contributed by atoms with Crippen molar-refractivity contribution in [1.82, 2.24) is 15.6 Å². The van der Waals surface area contributed by atoms with Crippen molar-refractivity contribution in [3.05, 3.63) is 53.2 Å². The molecule has 0 radical (unpaired) electrons. The van der Waals surface area contributed by atoms with Crippen LogP contribution in [0.2, 0.25) is 0 Å². The normalized spacial score (nSPS) is 12.3. The fraction of sp³-hybridized carbons (Fsp3) is 0.444. The first-order valence-corrected chi connectivity index (χ1v) is 7.85. The summed E-state index contributed by atoms with van der Waals surface area (Å²) in [5.41, 5.74) is 2.23. The molecule has 0 aliphatic carbocycles. The lowest BCUT2D eigenvalue weighted by Crippen LogP contribution is -2.43. The number of benzene rings is 1. The second-order valence-electron chi connectivity index (χ2n) is 6.28. The van der Waals surface area contributed by atoms with E-state index >= 15 is 0 Å². The number of hydrogen-bond donors (Lipinski definition) is 2. The summed E-state index contributed by atoms with van der Waals surface area (Å²) in [6, 6.07) is 10.5. The van der Waals surface area contributed by atoms with Gasteiger partial charge in [0.15, 0.2) is 5.96 Å². The summed E-state index contributed by atoms with van der Waals surface area (Å²) in [5, 5.41) is 6.60. The Morgan fingerprint density at radius 1 is 1.17 bits per heavy atom. The summed E-state index contributed by atoms with van der Waals surface area (Å²) in [6.45, 7) is 9.58. The van der Waals surface area contributed by atoms with Crippen molar-refractivity contribution in [2.45, 2.75) is 39.7 Å². The summed E-state index contributed by atoms with van der Waals surface area (Å²) in [7, 11) is 1.76. The first kappa shape index (κ1) is 17.1. The molecule has 0 spiro atoms. The monoisotopic (exact) mass is 314 g/mol. The van der Waals surface area contributed by atoms with Crippen molar-refractivity contribution in [3.63, 3.8) is 0 Å². The molecule has 1 heterocycles. The molecule has 5 heteroatoms. The van der Waals surface area contributed by atoms with Crippen molar-refractivity contribution in [2.24, 2.45) is 4.99 Å². The number of hydrogen-bond acceptors (Lipinski definition) is 3. The number of guanidine groups is 1. The first-order chi connectivity index (χ1) is 10.9. The van der Waals surface area contributed by atoms with Gasteiger partial charge in [-0.2, -0.15) is 0 Å². The Labute approximate surface area is 138 Å². The lowest BCUT2D eigenvalue weighted by molar-refractivity contribution is 0.461. The van der Waals surface area contributed by atoms with Gasteiger partial charge in [0, 0.05) is 19.0 Å². The number of aliphatic imine (C=N–C) groups is 1. The fourth-order valence-electron chi connectivity index (χ4n) is 2.29. The standard InChI is InChI=1S/C18H26N4O/c1-13-14(2)23-16(22-13)11-20-17(19-5)21-12-18(3,4)15-9-7-6-8-10-15/h6-10H,11-12H2,1-5H3,(H2,19,20,21). The number of nitrogens with one attached hydrogen (secondary N) is 2. The molecular formula is C18H26N4O. The third kappa shape index (κ3) is 4.58. The van der Waals surface area contributed by atoms with Crippen molar-refractivity contribution < 1.29 is 4.42 Å². The average Bonchev–Trinajstić information content (AvgIpc) is 2.87. The molecule has 0 fully saturated rings. The maximum Gasteiger partial charge on any atom is 0.214 e. The van der Waals surface area contributed by atoms with Gasteiger partial charge in [-0.3, -0.25) is 4.99 Å². The van der Waals surface area contributed by atoms with Gasteiger partial charge in [-0.05, 0) is 19.4 Å². The maximum absolute atomic E-state index is 5.57. The van der Waals surface area contributed by atoms with Gasteiger partial charge in [-0.1, -0.05) is 44.2 Å². The summed E-state index contributed by atoms with van der Waals surface area (Å²) < 4.78 is 5.57. The molecule has 2 aromatic rings. The Kier molecular flexibility index (Phi) is 5.42. The molecule has 2 rings (SSSR count). The van der Waals surface area contributed by atoms with Gasteiger partial charge < -0.3 is 15.1 Å². The molecule has 0 atom stereocenters. The predicted octanol–water partition coefficient (Wildman–Crippen LogP) is 2.93. The number of aromatic nitrogens is 1. The van der Waals surface area contributed by atoms with Gasteiger partial charge in [0.25, 0.3) is 0 Å². The van der Waals surface area contributed by atoms with Crippen molar-refractivity contribution >= 4 is 5.96 Å². The second kappa shape index (κ2) is 7.31. The molecule has 1 aromatic heterocycles. The zero-order valence-corrected chi connectivity index (χ0v) is 14.6. The Morgan fingerprint density at radius 3 is 2.43 bits per heavy atom. The van der Waals surface area contributed by atoms with Crippen LogP contribution in [0.25, 0.3) is 0 Å². The summed E-state index contributed by atoms with van der Waals surface area (Å²) >= 11 is 0. The molecule has 5 nitrogen and oxygen atoms in total. The van der Waals surface area contributed by atoms with Crippen LogP contribution in [0.3, 0.4) is 0 Å². The summed E-state index contributed by atoms with van der Waals surface area (Å²) in [5.74, 6) is 2.27. The Balaban J connectivity index is 1.90. The van der Waals surface area contributed by atoms with Gasteiger partial charge in [-0.25, -0.2) is 4.98 Å². The van der Waals surface area contributed by atoms with E-state index in [-0.39, 0.29) is 5.41 Å². The molecule has 0 aliphatic rings. The van der Waals surface area contributed by atoms with Crippen LogP contribution in [0.15, 0.2) is 39.7 Å². The second-order valence-corrected chi connectivity index (χ2v) is 6.28. The molecule has 0 amide bonds. The third-order valence-electron chi connectivity index (χ3n) is 3.96. The average molecular weight is 314 g/mol. The van der Waals surface area contributed by atoms with Crippen molar-refractivity contribution in [3.8, 4) is 0 Å². The topological polar surface area (TPSA) is 62.5 Å². The molecular weight excluding hydrogens is 288 g/mol. The van der Waals surface area contributed by atoms with Crippen LogP contribution in [0, 0.1) is 13.8 Å². The molecule has 1 aromatic carbocycles. The van der Waals surface area contributed by atoms with E-state index in [0.29, 0.717) is 12.4 Å². The van der Waals surface area contributed by atoms with Crippen LogP contribution in [-0.4, -0.2) is 24.5 Å². The van der Waals surface area contributed by atoms with Gasteiger partial charge in [-0.15, -0.1) is 0 Å². The highest BCUT2D eigenvalue weighted by Crippen LogP contribution is 2.21. The molecule has 0 unspecified atom stereocenters. The van der Waals surface area contributed by atoms with E-state index in [1.165, 1.54) is 5.56 Å². The molecule has 0 saturated carbocycles. The molecule has 2 N–H and O–H groups in total. The summed E-state index contributed by atoms with van der Waals surface area (Å²) in [6.07, 6.45) is 0. The number of nitrogens with zero attached hydrogens (tertiary/aromatic N) is 2. The SMILES string of the molecule is CN=C(NCc1nc(C)c(C)o1)NCC(C)(C)c1ccccc1. The van der Waals surface area contributed by atoms with E-state index in [2.05, 4.69) is 58.7 Å². The minimum Gasteiger partial charge on any atom is -0.444 e. The van der Waals surface area contributed by atoms with Gasteiger partial charge in [0.05, 0.1) is 12.2 Å². The van der Waals surface area contributed by atoms with Crippen LogP contribution in [0.4, 0.5) is 0 Å². The number of oxazole rings is 1. The molecule has 23 heavy (non-hydrogen) atoms. The molecule has 124 valence electrons. The van der Waals surface area contributed by atoms with Crippen LogP contribution in [0.5, 0.6) is 0 Å². The van der Waals surface area contributed by atoms with E-state index < -0.39 is 0 Å². The van der Waals surface area contributed by atoms with Crippen LogP contribution < -0.4 is 10.6 Å². The van der Waals surface area contributed by atoms with E-state index in [9.17, 15) is 0 Å². The van der Waals surface area contributed by atoms with Crippen LogP contribution in [-0.2, 0) is 12.0 Å². The van der Waals surface area contributed by atoms with E-state index in [0.717, 1.165) is 24.0 Å². The minimum atomic E-state index is 0.00892. The predicted molar refractivity (Wildman–Crippen MR) is 93.6 cm³/mol. The Bertz CT molecular complexity index is 639.